The van der Waals surface area contributed by atoms with Crippen LogP contribution in [0, 0.1) is 0 Å². The average Bonchev–Trinajstić information content (AvgIpc) is 2.84. The maximum Gasteiger partial charge on any atom is 0.221 e. The van der Waals surface area contributed by atoms with Crippen molar-refractivity contribution in [3.63, 3.8) is 0 Å². The van der Waals surface area contributed by atoms with Crippen LogP contribution in [-0.4, -0.2) is 15.7 Å². The van der Waals surface area contributed by atoms with E-state index >= 15 is 0 Å². The Kier molecular flexibility index (Phi) is 2.76. The minimum absolute atomic E-state index is 0.211. The van der Waals surface area contributed by atoms with E-state index in [0.717, 1.165) is 22.2 Å². The zero-order chi connectivity index (χ0) is 13.2. The van der Waals surface area contributed by atoms with E-state index < -0.39 is 0 Å². The fourth-order valence-corrected chi connectivity index (χ4v) is 2.15. The van der Waals surface area contributed by atoms with Gasteiger partial charge in [-0.1, -0.05) is 36.4 Å². The van der Waals surface area contributed by atoms with Crippen LogP contribution in [-0.2, 0) is 11.2 Å². The van der Waals surface area contributed by atoms with Gasteiger partial charge in [-0.05, 0) is 17.7 Å². The van der Waals surface area contributed by atoms with Crippen molar-refractivity contribution in [2.24, 2.45) is 5.73 Å². The van der Waals surface area contributed by atoms with Crippen molar-refractivity contribution >= 4 is 16.8 Å². The normalized spacial score (nSPS) is 10.7. The Balaban J connectivity index is 2.13. The molecule has 4 heteroatoms. The lowest BCUT2D eigenvalue weighted by Gasteiger charge is -1.99. The molecule has 3 aromatic rings. The number of para-hydroxylation sites is 1. The van der Waals surface area contributed by atoms with Crippen LogP contribution in [0.3, 0.4) is 0 Å². The molecule has 0 aliphatic carbocycles. The summed E-state index contributed by atoms with van der Waals surface area (Å²) in [6.45, 7) is 0. The third-order valence-electron chi connectivity index (χ3n) is 3.01. The predicted octanol–water partition coefficient (Wildman–Crippen LogP) is 2.05. The van der Waals surface area contributed by atoms with Gasteiger partial charge in [-0.2, -0.15) is 5.10 Å². The summed E-state index contributed by atoms with van der Waals surface area (Å²) in [7, 11) is 0. The molecule has 0 bridgehead atoms. The average molecular weight is 251 g/mol. The number of aromatic nitrogens is 2. The Hall–Kier alpha value is -2.62. The highest BCUT2D eigenvalue weighted by Gasteiger charge is 2.08. The van der Waals surface area contributed by atoms with Gasteiger partial charge < -0.3 is 5.73 Å². The Bertz CT molecular complexity index is 731. The lowest BCUT2D eigenvalue weighted by molar-refractivity contribution is -0.117. The number of carbonyl (C=O) groups is 1. The molecule has 0 spiro atoms. The van der Waals surface area contributed by atoms with Gasteiger partial charge in [0.2, 0.25) is 5.91 Å². The molecule has 0 fully saturated rings. The fraction of sp³-hybridized carbons (Fsp3) is 0.0667. The SMILES string of the molecule is NC(=O)Cc1cccc2cn(-c3ccccc3)nc12. The number of fused-ring (bicyclic) bond motifs is 1. The fourth-order valence-electron chi connectivity index (χ4n) is 2.15. The zero-order valence-electron chi connectivity index (χ0n) is 10.3. The molecule has 0 saturated carbocycles. The first-order valence-electron chi connectivity index (χ1n) is 6.05. The number of hydrogen-bond donors (Lipinski definition) is 1. The molecule has 3 rings (SSSR count). The molecule has 0 saturated heterocycles. The van der Waals surface area contributed by atoms with Crippen molar-refractivity contribution < 1.29 is 4.79 Å². The van der Waals surface area contributed by atoms with Gasteiger partial charge in [0, 0.05) is 11.6 Å². The van der Waals surface area contributed by atoms with Crippen molar-refractivity contribution in [1.29, 1.82) is 0 Å². The van der Waals surface area contributed by atoms with Crippen LogP contribution in [0.1, 0.15) is 5.56 Å². The van der Waals surface area contributed by atoms with Crippen LogP contribution in [0.25, 0.3) is 16.6 Å². The molecule has 0 aliphatic rings. The van der Waals surface area contributed by atoms with Crippen molar-refractivity contribution in [1.82, 2.24) is 9.78 Å². The third kappa shape index (κ3) is 2.20. The lowest BCUT2D eigenvalue weighted by atomic mass is 10.1. The summed E-state index contributed by atoms with van der Waals surface area (Å²) in [5, 5.41) is 5.55. The van der Waals surface area contributed by atoms with Crippen LogP contribution in [0.5, 0.6) is 0 Å². The highest BCUT2D eigenvalue weighted by molar-refractivity contribution is 5.87. The number of carbonyl (C=O) groups excluding carboxylic acids is 1. The highest BCUT2D eigenvalue weighted by atomic mass is 16.1. The van der Waals surface area contributed by atoms with Gasteiger partial charge in [-0.3, -0.25) is 4.79 Å². The van der Waals surface area contributed by atoms with E-state index in [1.54, 1.807) is 0 Å². The maximum atomic E-state index is 11.1. The molecule has 0 aliphatic heterocycles. The Labute approximate surface area is 110 Å². The van der Waals surface area contributed by atoms with E-state index in [0.29, 0.717) is 0 Å². The van der Waals surface area contributed by atoms with Gasteiger partial charge in [0.05, 0.1) is 17.6 Å². The summed E-state index contributed by atoms with van der Waals surface area (Å²) >= 11 is 0. The Morgan fingerprint density at radius 3 is 2.63 bits per heavy atom. The largest absolute Gasteiger partial charge is 0.369 e. The van der Waals surface area contributed by atoms with Crippen molar-refractivity contribution in [2.75, 3.05) is 0 Å². The van der Waals surface area contributed by atoms with Crippen LogP contribution in [0.4, 0.5) is 0 Å². The van der Waals surface area contributed by atoms with Crippen molar-refractivity contribution in [3.05, 3.63) is 60.3 Å². The molecule has 0 radical (unpaired) electrons. The number of nitrogens with zero attached hydrogens (tertiary/aromatic N) is 2. The van der Waals surface area contributed by atoms with Crippen molar-refractivity contribution in [3.8, 4) is 5.69 Å². The standard InChI is InChI=1S/C15H13N3O/c16-14(19)9-11-5-4-6-12-10-18(17-15(11)12)13-7-2-1-3-8-13/h1-8,10H,9H2,(H2,16,19). The molecule has 1 heterocycles. The summed E-state index contributed by atoms with van der Waals surface area (Å²) in [6, 6.07) is 15.6. The monoisotopic (exact) mass is 251 g/mol. The smallest absolute Gasteiger partial charge is 0.221 e. The van der Waals surface area contributed by atoms with Crippen molar-refractivity contribution in [2.45, 2.75) is 6.42 Å². The molecule has 0 unspecified atom stereocenters. The van der Waals surface area contributed by atoms with E-state index in [1.807, 2.05) is 59.4 Å². The second kappa shape index (κ2) is 4.57. The zero-order valence-corrected chi connectivity index (χ0v) is 10.3. The molecule has 1 aromatic heterocycles. The number of amides is 1. The van der Waals surface area contributed by atoms with Gasteiger partial charge in [0.1, 0.15) is 0 Å². The molecule has 19 heavy (non-hydrogen) atoms. The molecule has 1 amide bonds. The van der Waals surface area contributed by atoms with E-state index in [9.17, 15) is 4.79 Å². The highest BCUT2D eigenvalue weighted by Crippen LogP contribution is 2.19. The number of hydrogen-bond acceptors (Lipinski definition) is 2. The first-order valence-corrected chi connectivity index (χ1v) is 6.05. The van der Waals surface area contributed by atoms with Gasteiger partial charge >= 0.3 is 0 Å². The van der Waals surface area contributed by atoms with E-state index in [4.69, 9.17) is 5.73 Å². The van der Waals surface area contributed by atoms with Gasteiger partial charge in [-0.15, -0.1) is 0 Å². The molecule has 0 atom stereocenters. The quantitative estimate of drug-likeness (QED) is 0.774. The second-order valence-electron chi connectivity index (χ2n) is 4.41. The number of benzene rings is 2. The Morgan fingerprint density at radius 1 is 1.11 bits per heavy atom. The molecule has 2 N–H and O–H groups in total. The molecule has 2 aromatic carbocycles. The first kappa shape index (κ1) is 11.5. The molecular formula is C15H13N3O. The summed E-state index contributed by atoms with van der Waals surface area (Å²) in [4.78, 5) is 11.1. The van der Waals surface area contributed by atoms with Crippen LogP contribution in [0.2, 0.25) is 0 Å². The third-order valence-corrected chi connectivity index (χ3v) is 3.01. The number of rotatable bonds is 3. The lowest BCUT2D eigenvalue weighted by Crippen LogP contribution is -2.13. The van der Waals surface area contributed by atoms with E-state index in [-0.39, 0.29) is 12.3 Å². The topological polar surface area (TPSA) is 60.9 Å². The van der Waals surface area contributed by atoms with Crippen LogP contribution in [0.15, 0.2) is 54.7 Å². The van der Waals surface area contributed by atoms with Gasteiger partial charge in [-0.25, -0.2) is 4.68 Å². The first-order chi connectivity index (χ1) is 9.24. The Morgan fingerprint density at radius 2 is 1.89 bits per heavy atom. The summed E-state index contributed by atoms with van der Waals surface area (Å²) in [6.07, 6.45) is 2.16. The minimum Gasteiger partial charge on any atom is -0.369 e. The number of primary amides is 1. The van der Waals surface area contributed by atoms with E-state index in [1.165, 1.54) is 0 Å². The molecule has 94 valence electrons. The summed E-state index contributed by atoms with van der Waals surface area (Å²) in [5.74, 6) is -0.346. The summed E-state index contributed by atoms with van der Waals surface area (Å²) < 4.78 is 1.81. The minimum atomic E-state index is -0.346. The predicted molar refractivity (Wildman–Crippen MR) is 74.0 cm³/mol. The number of nitrogens with two attached hydrogens (primary N) is 1. The van der Waals surface area contributed by atoms with Gasteiger partial charge in [0.15, 0.2) is 0 Å². The second-order valence-corrected chi connectivity index (χ2v) is 4.41. The van der Waals surface area contributed by atoms with E-state index in [2.05, 4.69) is 5.10 Å². The maximum absolute atomic E-state index is 11.1. The molecular weight excluding hydrogens is 238 g/mol. The van der Waals surface area contributed by atoms with Crippen LogP contribution < -0.4 is 5.73 Å². The van der Waals surface area contributed by atoms with Gasteiger partial charge in [0.25, 0.3) is 0 Å². The summed E-state index contributed by atoms with van der Waals surface area (Å²) in [5.41, 5.74) is 7.93. The molecule has 4 nitrogen and oxygen atoms in total. The van der Waals surface area contributed by atoms with Crippen LogP contribution >= 0.6 is 0 Å².